The highest BCUT2D eigenvalue weighted by atomic mass is 15.4. The molecule has 7 heteroatoms. The van der Waals surface area contributed by atoms with Gasteiger partial charge in [-0.1, -0.05) is 0 Å². The van der Waals surface area contributed by atoms with Crippen molar-refractivity contribution < 1.29 is 0 Å². The van der Waals surface area contributed by atoms with Gasteiger partial charge in [-0.3, -0.25) is 0 Å². The average molecular weight is 335 g/mol. The zero-order valence-electron chi connectivity index (χ0n) is 14.3. The molecule has 0 bridgehead atoms. The van der Waals surface area contributed by atoms with E-state index in [0.717, 1.165) is 48.9 Å². The van der Waals surface area contributed by atoms with Gasteiger partial charge in [0.1, 0.15) is 12.1 Å². The second kappa shape index (κ2) is 5.75. The Labute approximate surface area is 146 Å². The highest BCUT2D eigenvalue weighted by Crippen LogP contribution is 2.39. The number of rotatable bonds is 3. The Bertz CT molecular complexity index is 907. The molecule has 4 heterocycles. The molecule has 1 aliphatic heterocycles. The van der Waals surface area contributed by atoms with Crippen molar-refractivity contribution in [2.24, 2.45) is 0 Å². The maximum absolute atomic E-state index is 4.58. The van der Waals surface area contributed by atoms with E-state index in [9.17, 15) is 0 Å². The quantitative estimate of drug-likeness (QED) is 0.732. The van der Waals surface area contributed by atoms with Crippen LogP contribution < -0.4 is 4.90 Å². The third-order valence-corrected chi connectivity index (χ3v) is 5.27. The monoisotopic (exact) mass is 335 g/mol. The fourth-order valence-corrected chi connectivity index (χ4v) is 3.66. The van der Waals surface area contributed by atoms with Crippen molar-refractivity contribution in [2.45, 2.75) is 44.4 Å². The molecule has 1 saturated heterocycles. The third-order valence-electron chi connectivity index (χ3n) is 5.27. The lowest BCUT2D eigenvalue weighted by Crippen LogP contribution is -2.34. The molecule has 3 aromatic heterocycles. The largest absolute Gasteiger partial charge is 0.356 e. The standard InChI is InChI=1S/C18H21N7/c1-12-2-5-16-21-22-18(25(16)23-12)14-6-8-24(9-7-14)17-10-15(13-3-4-13)19-11-20-17/h2,5,10-11,13-14H,3-4,6-9H2,1H3. The molecule has 1 saturated carbocycles. The van der Waals surface area contributed by atoms with Crippen LogP contribution in [0.15, 0.2) is 24.5 Å². The Balaban J connectivity index is 1.34. The fourth-order valence-electron chi connectivity index (χ4n) is 3.66. The minimum Gasteiger partial charge on any atom is -0.356 e. The first-order chi connectivity index (χ1) is 12.3. The van der Waals surface area contributed by atoms with Gasteiger partial charge in [0.2, 0.25) is 0 Å². The van der Waals surface area contributed by atoms with E-state index in [1.165, 1.54) is 18.5 Å². The van der Waals surface area contributed by atoms with Crippen LogP contribution in [0, 0.1) is 6.92 Å². The van der Waals surface area contributed by atoms with E-state index in [1.807, 2.05) is 23.6 Å². The number of hydrogen-bond donors (Lipinski definition) is 0. The van der Waals surface area contributed by atoms with Gasteiger partial charge in [-0.2, -0.15) is 9.61 Å². The van der Waals surface area contributed by atoms with E-state index in [1.54, 1.807) is 6.33 Å². The van der Waals surface area contributed by atoms with Gasteiger partial charge < -0.3 is 4.90 Å². The second-order valence-corrected chi connectivity index (χ2v) is 7.14. The third kappa shape index (κ3) is 2.73. The van der Waals surface area contributed by atoms with Crippen LogP contribution in [0.5, 0.6) is 0 Å². The van der Waals surface area contributed by atoms with E-state index in [-0.39, 0.29) is 0 Å². The summed E-state index contributed by atoms with van der Waals surface area (Å²) in [6.45, 7) is 3.96. The van der Waals surface area contributed by atoms with E-state index in [0.29, 0.717) is 11.8 Å². The van der Waals surface area contributed by atoms with Crippen molar-refractivity contribution in [2.75, 3.05) is 18.0 Å². The fraction of sp³-hybridized carbons (Fsp3) is 0.500. The Hall–Kier alpha value is -2.57. The highest BCUT2D eigenvalue weighted by molar-refractivity contribution is 5.41. The summed E-state index contributed by atoms with van der Waals surface area (Å²) in [5, 5.41) is 13.3. The van der Waals surface area contributed by atoms with Crippen LogP contribution in [-0.4, -0.2) is 42.9 Å². The summed E-state index contributed by atoms with van der Waals surface area (Å²) < 4.78 is 1.91. The van der Waals surface area contributed by atoms with Gasteiger partial charge in [-0.15, -0.1) is 10.2 Å². The van der Waals surface area contributed by atoms with Gasteiger partial charge in [-0.25, -0.2) is 9.97 Å². The number of piperidine rings is 1. The number of nitrogens with zero attached hydrogens (tertiary/aromatic N) is 7. The molecular formula is C18H21N7. The van der Waals surface area contributed by atoms with Crippen molar-refractivity contribution in [1.29, 1.82) is 0 Å². The smallest absolute Gasteiger partial charge is 0.177 e. The van der Waals surface area contributed by atoms with Gasteiger partial charge >= 0.3 is 0 Å². The Morgan fingerprint density at radius 2 is 1.80 bits per heavy atom. The predicted molar refractivity (Wildman–Crippen MR) is 93.7 cm³/mol. The maximum atomic E-state index is 4.58. The molecule has 2 fully saturated rings. The minimum absolute atomic E-state index is 0.394. The summed E-state index contributed by atoms with van der Waals surface area (Å²) in [7, 11) is 0. The lowest BCUT2D eigenvalue weighted by Gasteiger charge is -2.32. The van der Waals surface area contributed by atoms with E-state index in [2.05, 4.69) is 36.2 Å². The van der Waals surface area contributed by atoms with Crippen LogP contribution in [0.25, 0.3) is 5.65 Å². The predicted octanol–water partition coefficient (Wildman–Crippen LogP) is 2.48. The van der Waals surface area contributed by atoms with Crippen molar-refractivity contribution in [3.05, 3.63) is 41.7 Å². The maximum Gasteiger partial charge on any atom is 0.177 e. The lowest BCUT2D eigenvalue weighted by atomic mass is 9.96. The first-order valence-electron chi connectivity index (χ1n) is 9.04. The van der Waals surface area contributed by atoms with Crippen molar-refractivity contribution in [1.82, 2.24) is 29.8 Å². The lowest BCUT2D eigenvalue weighted by molar-refractivity contribution is 0.474. The summed E-state index contributed by atoms with van der Waals surface area (Å²) in [5.41, 5.74) is 3.02. The first kappa shape index (κ1) is 14.7. The minimum atomic E-state index is 0.394. The normalized spacial score (nSPS) is 18.8. The van der Waals surface area contributed by atoms with Crippen LogP contribution in [0.2, 0.25) is 0 Å². The van der Waals surface area contributed by atoms with E-state index in [4.69, 9.17) is 0 Å². The van der Waals surface area contributed by atoms with Gasteiger partial charge in [0.25, 0.3) is 0 Å². The molecule has 0 N–H and O–H groups in total. The van der Waals surface area contributed by atoms with Crippen molar-refractivity contribution >= 4 is 11.5 Å². The first-order valence-corrected chi connectivity index (χ1v) is 9.04. The van der Waals surface area contributed by atoms with Crippen LogP contribution in [0.1, 0.15) is 54.7 Å². The van der Waals surface area contributed by atoms with Crippen LogP contribution in [0.3, 0.4) is 0 Å². The van der Waals surface area contributed by atoms with E-state index >= 15 is 0 Å². The van der Waals surface area contributed by atoms with Crippen LogP contribution in [0.4, 0.5) is 5.82 Å². The Morgan fingerprint density at radius 3 is 2.60 bits per heavy atom. The van der Waals surface area contributed by atoms with Gasteiger partial charge in [0.15, 0.2) is 11.5 Å². The molecule has 5 rings (SSSR count). The molecule has 0 spiro atoms. The summed E-state index contributed by atoms with van der Waals surface area (Å²) >= 11 is 0. The van der Waals surface area contributed by atoms with Crippen molar-refractivity contribution in [3.8, 4) is 0 Å². The topological polar surface area (TPSA) is 72.1 Å². The SMILES string of the molecule is Cc1ccc2nnc(C3CCN(c4cc(C5CC5)ncn4)CC3)n2n1. The molecule has 0 radical (unpaired) electrons. The van der Waals surface area contributed by atoms with Crippen LogP contribution in [-0.2, 0) is 0 Å². The molecule has 0 aromatic carbocycles. The summed E-state index contributed by atoms with van der Waals surface area (Å²) in [6, 6.07) is 6.13. The number of anilines is 1. The summed E-state index contributed by atoms with van der Waals surface area (Å²) in [4.78, 5) is 11.3. The highest BCUT2D eigenvalue weighted by Gasteiger charge is 2.28. The molecule has 0 unspecified atom stereocenters. The molecule has 2 aliphatic rings. The van der Waals surface area contributed by atoms with Crippen LogP contribution >= 0.6 is 0 Å². The molecule has 128 valence electrons. The average Bonchev–Trinajstić information content (AvgIpc) is 3.42. The Morgan fingerprint density at radius 1 is 0.960 bits per heavy atom. The van der Waals surface area contributed by atoms with Gasteiger partial charge in [0.05, 0.1) is 5.69 Å². The number of aryl methyl sites for hydroxylation is 1. The molecule has 7 nitrogen and oxygen atoms in total. The molecule has 25 heavy (non-hydrogen) atoms. The zero-order chi connectivity index (χ0) is 16.8. The molecule has 0 atom stereocenters. The number of aromatic nitrogens is 6. The van der Waals surface area contributed by atoms with Gasteiger partial charge in [-0.05, 0) is 44.7 Å². The van der Waals surface area contributed by atoms with E-state index < -0.39 is 0 Å². The molecule has 3 aromatic rings. The van der Waals surface area contributed by atoms with Gasteiger partial charge in [0, 0.05) is 36.7 Å². The second-order valence-electron chi connectivity index (χ2n) is 7.14. The summed E-state index contributed by atoms with van der Waals surface area (Å²) in [5.74, 6) is 3.11. The molecule has 0 amide bonds. The zero-order valence-corrected chi connectivity index (χ0v) is 14.3. The number of hydrogen-bond acceptors (Lipinski definition) is 6. The molecule has 1 aliphatic carbocycles. The molecular weight excluding hydrogens is 314 g/mol. The number of fused-ring (bicyclic) bond motifs is 1. The van der Waals surface area contributed by atoms with Crippen molar-refractivity contribution in [3.63, 3.8) is 0 Å². The Kier molecular flexibility index (Phi) is 3.39. The summed E-state index contributed by atoms with van der Waals surface area (Å²) in [6.07, 6.45) is 6.34.